The number of carbonyl (C=O) groups excluding carboxylic acids is 1. The standard InChI is InChI=1S/C28H30F2N6O2/c1-34-24-20(33-26(34)22-12-18-3-2-8-32-25(18)36(22)14-16-4-5-16)11-19(13-23(24)38-28(29)30)27(37)35-10-7-17-6-9-31-21(17)15-35/h2-3,8,11-13,16-17,21,28,31H,4-7,9-10,14-15H2,1H3/t17-,21+/m1/s1. The summed E-state index contributed by atoms with van der Waals surface area (Å²) in [4.78, 5) is 24.8. The van der Waals surface area contributed by atoms with Gasteiger partial charge in [-0.05, 0) is 74.4 Å². The quantitative estimate of drug-likeness (QED) is 0.407. The van der Waals surface area contributed by atoms with Crippen LogP contribution in [0.15, 0.2) is 36.5 Å². The van der Waals surface area contributed by atoms with E-state index < -0.39 is 6.61 Å². The molecule has 1 aliphatic carbocycles. The number of carbonyl (C=O) groups is 1. The number of aromatic nitrogens is 4. The lowest BCUT2D eigenvalue weighted by Crippen LogP contribution is -2.48. The maximum atomic E-state index is 13.5. The molecule has 2 aliphatic heterocycles. The number of rotatable bonds is 6. The number of nitrogens with zero attached hydrogens (tertiary/aromatic N) is 5. The molecule has 0 unspecified atom stereocenters. The second-order valence-electron chi connectivity index (χ2n) is 10.9. The summed E-state index contributed by atoms with van der Waals surface area (Å²) in [6.45, 7) is 0.0556. The summed E-state index contributed by atoms with van der Waals surface area (Å²) < 4.78 is 36.0. The Kier molecular flexibility index (Phi) is 5.61. The first-order chi connectivity index (χ1) is 18.5. The van der Waals surface area contributed by atoms with E-state index in [4.69, 9.17) is 9.72 Å². The maximum absolute atomic E-state index is 13.5. The molecule has 5 heterocycles. The first-order valence-electron chi connectivity index (χ1n) is 13.4. The zero-order valence-electron chi connectivity index (χ0n) is 21.2. The second kappa shape index (κ2) is 9.04. The Morgan fingerprint density at radius 3 is 2.89 bits per heavy atom. The van der Waals surface area contributed by atoms with Gasteiger partial charge in [0.1, 0.15) is 11.2 Å². The predicted molar refractivity (Wildman–Crippen MR) is 139 cm³/mol. The van der Waals surface area contributed by atoms with Crippen LogP contribution in [0.5, 0.6) is 5.75 Å². The van der Waals surface area contributed by atoms with Crippen LogP contribution in [0.2, 0.25) is 0 Å². The van der Waals surface area contributed by atoms with Crippen LogP contribution < -0.4 is 10.1 Å². The number of nitrogens with one attached hydrogen (secondary N) is 1. The number of hydrogen-bond donors (Lipinski definition) is 1. The fourth-order valence-corrected chi connectivity index (χ4v) is 6.26. The number of alkyl halides is 2. The highest BCUT2D eigenvalue weighted by molar-refractivity contribution is 6.00. The van der Waals surface area contributed by atoms with Gasteiger partial charge < -0.3 is 24.1 Å². The highest BCUT2D eigenvalue weighted by Crippen LogP contribution is 2.38. The van der Waals surface area contributed by atoms with Crippen molar-refractivity contribution < 1.29 is 18.3 Å². The first kappa shape index (κ1) is 23.6. The number of halogens is 2. The maximum Gasteiger partial charge on any atom is 0.387 e. The van der Waals surface area contributed by atoms with Crippen molar-refractivity contribution in [1.82, 2.24) is 29.3 Å². The van der Waals surface area contributed by atoms with E-state index in [1.165, 1.54) is 18.9 Å². The molecular formula is C28H30F2N6O2. The Balaban J connectivity index is 1.32. The van der Waals surface area contributed by atoms with Crippen molar-refractivity contribution in [3.05, 3.63) is 42.1 Å². The minimum absolute atomic E-state index is 0.0426. The van der Waals surface area contributed by atoms with Gasteiger partial charge in [0.25, 0.3) is 5.91 Å². The number of amides is 1. The van der Waals surface area contributed by atoms with Gasteiger partial charge >= 0.3 is 6.61 Å². The van der Waals surface area contributed by atoms with Crippen LogP contribution in [0.3, 0.4) is 0 Å². The molecule has 1 amide bonds. The van der Waals surface area contributed by atoms with Gasteiger partial charge in [-0.2, -0.15) is 8.78 Å². The number of likely N-dealkylation sites (tertiary alicyclic amines) is 1. The van der Waals surface area contributed by atoms with Crippen LogP contribution >= 0.6 is 0 Å². The molecule has 10 heteroatoms. The molecule has 3 aliphatic rings. The molecule has 1 aromatic carbocycles. The van der Waals surface area contributed by atoms with Crippen molar-refractivity contribution in [3.63, 3.8) is 0 Å². The SMILES string of the molecule is Cn1c(-c2cc3cccnc3n2CC2CC2)nc2cc(C(=O)N3CC[C@H]4CCN[C@H]4C3)cc(OC(F)F)c21. The highest BCUT2D eigenvalue weighted by atomic mass is 19.3. The fraction of sp³-hybridized carbons (Fsp3) is 0.464. The largest absolute Gasteiger partial charge is 0.432 e. The van der Waals surface area contributed by atoms with Gasteiger partial charge in [-0.1, -0.05) is 0 Å². The van der Waals surface area contributed by atoms with E-state index in [2.05, 4.69) is 14.9 Å². The van der Waals surface area contributed by atoms with Gasteiger partial charge in [0.2, 0.25) is 0 Å². The average Bonchev–Trinajstić information content (AvgIpc) is 3.33. The van der Waals surface area contributed by atoms with Crippen LogP contribution in [0.25, 0.3) is 33.6 Å². The Hall–Kier alpha value is -3.53. The Labute approximate surface area is 218 Å². The van der Waals surface area contributed by atoms with Crippen LogP contribution in [0.4, 0.5) is 8.78 Å². The molecule has 1 N–H and O–H groups in total. The lowest BCUT2D eigenvalue weighted by atomic mass is 9.92. The van der Waals surface area contributed by atoms with E-state index >= 15 is 0 Å². The second-order valence-corrected chi connectivity index (χ2v) is 10.9. The summed E-state index contributed by atoms with van der Waals surface area (Å²) in [6, 6.07) is 9.40. The monoisotopic (exact) mass is 520 g/mol. The number of piperidine rings is 1. The van der Waals surface area contributed by atoms with Crippen LogP contribution in [-0.4, -0.2) is 62.2 Å². The minimum Gasteiger partial charge on any atom is -0.432 e. The zero-order chi connectivity index (χ0) is 26.0. The molecule has 3 fully saturated rings. The third-order valence-corrected chi connectivity index (χ3v) is 8.38. The third-order valence-electron chi connectivity index (χ3n) is 8.38. The molecule has 0 bridgehead atoms. The van der Waals surface area contributed by atoms with E-state index in [0.29, 0.717) is 47.3 Å². The summed E-state index contributed by atoms with van der Waals surface area (Å²) in [6.07, 6.45) is 6.22. The molecule has 0 radical (unpaired) electrons. The van der Waals surface area contributed by atoms with Crippen molar-refractivity contribution in [3.8, 4) is 17.3 Å². The summed E-state index contributed by atoms with van der Waals surface area (Å²) in [7, 11) is 1.80. The van der Waals surface area contributed by atoms with Crippen LogP contribution in [0.1, 0.15) is 36.0 Å². The lowest BCUT2D eigenvalue weighted by molar-refractivity contribution is -0.0490. The van der Waals surface area contributed by atoms with Crippen molar-refractivity contribution >= 4 is 28.0 Å². The molecule has 2 saturated heterocycles. The average molecular weight is 521 g/mol. The Morgan fingerprint density at radius 2 is 2.08 bits per heavy atom. The van der Waals surface area contributed by atoms with Gasteiger partial charge in [-0.3, -0.25) is 4.79 Å². The number of hydrogen-bond acceptors (Lipinski definition) is 5. The number of pyridine rings is 1. The molecule has 7 rings (SSSR count). The van der Waals surface area contributed by atoms with E-state index in [-0.39, 0.29) is 17.7 Å². The Morgan fingerprint density at radius 1 is 1.21 bits per heavy atom. The number of aryl methyl sites for hydroxylation is 1. The molecule has 198 valence electrons. The lowest BCUT2D eigenvalue weighted by Gasteiger charge is -2.35. The van der Waals surface area contributed by atoms with Crippen LogP contribution in [-0.2, 0) is 13.6 Å². The number of fused-ring (bicyclic) bond motifs is 3. The summed E-state index contributed by atoms with van der Waals surface area (Å²) in [5.74, 6) is 1.59. The van der Waals surface area contributed by atoms with Crippen molar-refractivity contribution in [2.45, 2.75) is 44.9 Å². The normalized spacial score (nSPS) is 21.5. The number of benzene rings is 1. The van der Waals surface area contributed by atoms with Gasteiger partial charge in [0.15, 0.2) is 11.6 Å². The van der Waals surface area contributed by atoms with Crippen molar-refractivity contribution in [2.75, 3.05) is 19.6 Å². The summed E-state index contributed by atoms with van der Waals surface area (Å²) in [5, 5.41) is 4.48. The van der Waals surface area contributed by atoms with Gasteiger partial charge in [-0.15, -0.1) is 0 Å². The molecule has 2 atom stereocenters. The molecule has 38 heavy (non-hydrogen) atoms. The zero-order valence-corrected chi connectivity index (χ0v) is 21.2. The van der Waals surface area contributed by atoms with E-state index in [1.807, 2.05) is 23.1 Å². The first-order valence-corrected chi connectivity index (χ1v) is 13.4. The van der Waals surface area contributed by atoms with E-state index in [0.717, 1.165) is 42.7 Å². The fourth-order valence-electron chi connectivity index (χ4n) is 6.26. The predicted octanol–water partition coefficient (Wildman–Crippen LogP) is 4.43. The molecule has 4 aromatic rings. The van der Waals surface area contributed by atoms with E-state index in [1.54, 1.807) is 23.9 Å². The number of ether oxygens (including phenoxy) is 1. The minimum atomic E-state index is -3.02. The summed E-state index contributed by atoms with van der Waals surface area (Å²) >= 11 is 0. The Bertz CT molecular complexity index is 1540. The molecule has 3 aromatic heterocycles. The molecule has 1 saturated carbocycles. The van der Waals surface area contributed by atoms with Gasteiger partial charge in [-0.25, -0.2) is 9.97 Å². The molecule has 8 nitrogen and oxygen atoms in total. The van der Waals surface area contributed by atoms with Gasteiger partial charge in [0, 0.05) is 49.9 Å². The third kappa shape index (κ3) is 4.02. The topological polar surface area (TPSA) is 77.2 Å². The van der Waals surface area contributed by atoms with Crippen molar-refractivity contribution in [2.24, 2.45) is 18.9 Å². The van der Waals surface area contributed by atoms with E-state index in [9.17, 15) is 13.6 Å². The number of imidazole rings is 1. The smallest absolute Gasteiger partial charge is 0.387 e. The highest BCUT2D eigenvalue weighted by Gasteiger charge is 2.35. The van der Waals surface area contributed by atoms with Crippen molar-refractivity contribution in [1.29, 1.82) is 0 Å². The summed E-state index contributed by atoms with van der Waals surface area (Å²) in [5.41, 5.74) is 2.95. The van der Waals surface area contributed by atoms with Crippen LogP contribution in [0, 0.1) is 11.8 Å². The molecular weight excluding hydrogens is 490 g/mol. The van der Waals surface area contributed by atoms with Gasteiger partial charge in [0.05, 0.1) is 11.2 Å². The molecule has 0 spiro atoms.